The maximum Gasteiger partial charge on any atom is 0.263 e. The van der Waals surface area contributed by atoms with Crippen LogP contribution in [0.1, 0.15) is 57.3 Å². The molecule has 2 aromatic heterocycles. The van der Waals surface area contributed by atoms with Crippen molar-refractivity contribution < 1.29 is 45.5 Å². The molecule has 8 rings (SSSR count). The van der Waals surface area contributed by atoms with Crippen LogP contribution in [0.2, 0.25) is 0 Å². The summed E-state index contributed by atoms with van der Waals surface area (Å²) in [6.45, 7) is 21.4. The van der Waals surface area contributed by atoms with E-state index in [0.29, 0.717) is 24.7 Å². The first kappa shape index (κ1) is 48.6. The Hall–Kier alpha value is -5.47. The quantitative estimate of drug-likeness (QED) is 0.0587. The summed E-state index contributed by atoms with van der Waals surface area (Å²) in [6.07, 6.45) is 1.79. The van der Waals surface area contributed by atoms with Gasteiger partial charge in [-0.15, -0.1) is 46.9 Å². The van der Waals surface area contributed by atoms with Gasteiger partial charge in [0, 0.05) is 72.7 Å². The molecule has 63 heavy (non-hydrogen) atoms. The van der Waals surface area contributed by atoms with Crippen molar-refractivity contribution in [3.8, 4) is 66.1 Å². The fourth-order valence-corrected chi connectivity index (χ4v) is 9.81. The minimum Gasteiger partial charge on any atom is -0.582 e. The molecule has 8 aromatic rings. The smallest absolute Gasteiger partial charge is 0.263 e. The standard InChI is InChI=1S/C42H42O4S2.2C7H7.Hf/c1-25-19-27(3)37(28(4)20-25)33-23-47-41(39(33)43)31-13-7-9-15-35(31)45-17-11-12-18-46-36-16-10-8-14-32(36)42-40(44)34(24-48-42)38-29(5)21-26(2)22-30(38)6;2*1-7-5-3-2-4-6-7;/h7-10,13-16,19-24,43-44H,11-12,17-18H2,1-6H3;2*2-6H,1H2;/q;2*-1;/p+2. The van der Waals surface area contributed by atoms with Crippen LogP contribution < -0.4 is 0 Å². The van der Waals surface area contributed by atoms with E-state index in [2.05, 4.69) is 90.4 Å². The molecule has 322 valence electrons. The van der Waals surface area contributed by atoms with Crippen molar-refractivity contribution in [1.29, 1.82) is 0 Å². The van der Waals surface area contributed by atoms with Crippen LogP contribution in [-0.2, 0) is 25.8 Å². The van der Waals surface area contributed by atoms with Crippen LogP contribution in [0.25, 0.3) is 43.1 Å². The zero-order chi connectivity index (χ0) is 44.2. The molecule has 4 N–H and O–H groups in total. The Kier molecular flexibility index (Phi) is 17.9. The second kappa shape index (κ2) is 23.3. The molecule has 0 radical (unpaired) electrons. The van der Waals surface area contributed by atoms with E-state index in [-0.39, 0.29) is 25.8 Å². The second-order valence-electron chi connectivity index (χ2n) is 15.7. The fourth-order valence-electron chi connectivity index (χ4n) is 7.84. The summed E-state index contributed by atoms with van der Waals surface area (Å²) in [7, 11) is 0. The third-order valence-electron chi connectivity index (χ3n) is 10.5. The van der Waals surface area contributed by atoms with E-state index in [9.17, 15) is 10.2 Å². The Morgan fingerprint density at radius 2 is 0.762 bits per heavy atom. The number of unbranched alkanes of at least 4 members (excludes halogenated alkanes) is 1. The minimum atomic E-state index is 0. The van der Waals surface area contributed by atoms with Gasteiger partial charge in [0.15, 0.2) is 13.2 Å². The van der Waals surface area contributed by atoms with Crippen LogP contribution >= 0.6 is 22.7 Å². The molecule has 6 aromatic carbocycles. The maximum absolute atomic E-state index is 11.4. The van der Waals surface area contributed by atoms with Crippen LogP contribution in [0.4, 0.5) is 0 Å². The summed E-state index contributed by atoms with van der Waals surface area (Å²) in [4.78, 5) is 1.70. The Morgan fingerprint density at radius 3 is 1.08 bits per heavy atom. The van der Waals surface area contributed by atoms with Gasteiger partial charge in [0.25, 0.3) is 11.5 Å². The number of aryl methyl sites for hydroxylation is 6. The number of rotatable bonds is 11. The summed E-state index contributed by atoms with van der Waals surface area (Å²) in [5.41, 5.74) is 15.2. The third kappa shape index (κ3) is 12.6. The molecular weight excluding hydrogens is 979 g/mol. The molecule has 0 bridgehead atoms. The summed E-state index contributed by atoms with van der Waals surface area (Å²) < 4.78 is 9.89. The van der Waals surface area contributed by atoms with Crippen molar-refractivity contribution >= 4 is 22.7 Å². The average molecular weight is 1040 g/mol. The average Bonchev–Trinajstić information content (AvgIpc) is 3.81. The minimum absolute atomic E-state index is 0. The van der Waals surface area contributed by atoms with Crippen molar-refractivity contribution in [2.75, 3.05) is 13.2 Å². The monoisotopic (exact) mass is 1040 g/mol. The number of aliphatic hydroxyl groups is 2. The molecule has 2 heterocycles. The molecule has 0 atom stereocenters. The predicted molar refractivity (Wildman–Crippen MR) is 266 cm³/mol. The van der Waals surface area contributed by atoms with Gasteiger partial charge in [-0.25, -0.2) is 0 Å². The van der Waals surface area contributed by atoms with Crippen molar-refractivity contribution in [2.45, 2.75) is 54.4 Å². The van der Waals surface area contributed by atoms with Gasteiger partial charge < -0.3 is 19.7 Å². The Morgan fingerprint density at radius 1 is 0.444 bits per heavy atom. The van der Waals surface area contributed by atoms with Crippen molar-refractivity contribution in [3.63, 3.8) is 0 Å². The molecule has 0 spiro atoms. The molecule has 0 amide bonds. The predicted octanol–water partition coefficient (Wildman–Crippen LogP) is 15.4. The number of para-hydroxylation sites is 2. The van der Waals surface area contributed by atoms with Crippen molar-refractivity contribution in [3.05, 3.63) is 203 Å². The van der Waals surface area contributed by atoms with E-state index in [1.807, 2.05) is 109 Å². The number of hydrogen-bond donors (Lipinski definition) is 2. The Bertz CT molecular complexity index is 2470. The normalized spacial score (nSPS) is 10.4. The Labute approximate surface area is 401 Å². The summed E-state index contributed by atoms with van der Waals surface area (Å²) in [5.74, 6) is 2.43. The SMILES string of the molecule is Cc1cc(C)c(-c2csc(-c3ccccc3[OH+]CCCC[OH+]c3ccccc3-c3scc(-c4c(C)cc(C)cc4C)c3O)c2O)c(C)c1.[CH2-]c1ccccc1.[CH2-]c1ccccc1.[Hf]. The van der Waals surface area contributed by atoms with E-state index in [0.717, 1.165) is 78.6 Å². The second-order valence-corrected chi connectivity index (χ2v) is 17.4. The topological polar surface area (TPSA) is 66.1 Å². The molecule has 0 aliphatic heterocycles. The van der Waals surface area contributed by atoms with Crippen molar-refractivity contribution in [2.24, 2.45) is 0 Å². The van der Waals surface area contributed by atoms with Gasteiger partial charge >= 0.3 is 0 Å². The van der Waals surface area contributed by atoms with E-state index >= 15 is 0 Å². The van der Waals surface area contributed by atoms with Gasteiger partial charge in [0.1, 0.15) is 11.5 Å². The van der Waals surface area contributed by atoms with E-state index < -0.39 is 0 Å². The number of ether oxygens (including phenoxy) is 2. The van der Waals surface area contributed by atoms with Crippen LogP contribution in [0.5, 0.6) is 23.0 Å². The molecule has 4 nitrogen and oxygen atoms in total. The van der Waals surface area contributed by atoms with E-state index in [1.165, 1.54) is 33.4 Å². The molecule has 0 saturated carbocycles. The number of thiophene rings is 2. The van der Waals surface area contributed by atoms with Gasteiger partial charge in [0.05, 0.1) is 20.9 Å². The van der Waals surface area contributed by atoms with Gasteiger partial charge in [-0.05, 0) is 87.1 Å². The summed E-state index contributed by atoms with van der Waals surface area (Å²) in [6, 6.07) is 44.6. The van der Waals surface area contributed by atoms with Gasteiger partial charge in [-0.2, -0.15) is 49.2 Å². The fraction of sp³-hybridized carbons (Fsp3) is 0.179. The first-order chi connectivity index (χ1) is 29.9. The van der Waals surface area contributed by atoms with Crippen LogP contribution in [0.3, 0.4) is 0 Å². The molecular formula is C56H58HfO4S2. The van der Waals surface area contributed by atoms with Crippen LogP contribution in [0, 0.1) is 55.4 Å². The molecule has 0 unspecified atom stereocenters. The van der Waals surface area contributed by atoms with E-state index in [4.69, 9.17) is 9.47 Å². The number of hydrogen-bond acceptors (Lipinski definition) is 4. The van der Waals surface area contributed by atoms with E-state index in [1.54, 1.807) is 22.7 Å². The molecule has 0 aliphatic carbocycles. The van der Waals surface area contributed by atoms with Crippen LogP contribution in [-0.4, -0.2) is 32.9 Å². The Balaban J connectivity index is 0.000000422. The zero-order valence-electron chi connectivity index (χ0n) is 37.2. The summed E-state index contributed by atoms with van der Waals surface area (Å²) in [5, 5.41) is 26.9. The van der Waals surface area contributed by atoms with Gasteiger partial charge in [0.2, 0.25) is 0 Å². The van der Waals surface area contributed by atoms with Crippen LogP contribution in [0.15, 0.2) is 144 Å². The number of benzene rings is 6. The first-order valence-corrected chi connectivity index (χ1v) is 22.7. The largest absolute Gasteiger partial charge is 0.582 e. The molecule has 0 fully saturated rings. The first-order valence-electron chi connectivity index (χ1n) is 21.0. The summed E-state index contributed by atoms with van der Waals surface area (Å²) >= 11 is 3.13. The molecule has 0 saturated heterocycles. The number of aromatic hydroxyl groups is 4. The maximum atomic E-state index is 11.4. The van der Waals surface area contributed by atoms with Gasteiger partial charge in [-0.3, -0.25) is 0 Å². The molecule has 0 aliphatic rings. The zero-order valence-corrected chi connectivity index (χ0v) is 42.4. The third-order valence-corrected chi connectivity index (χ3v) is 12.5. The van der Waals surface area contributed by atoms with Crippen molar-refractivity contribution in [1.82, 2.24) is 0 Å². The van der Waals surface area contributed by atoms with Gasteiger partial charge in [-0.1, -0.05) is 71.8 Å². The molecule has 7 heteroatoms.